The summed E-state index contributed by atoms with van der Waals surface area (Å²) in [6.45, 7) is 4.18. The number of piperidine rings is 1. The van der Waals surface area contributed by atoms with Crippen LogP contribution in [0.1, 0.15) is 25.3 Å². The van der Waals surface area contributed by atoms with Gasteiger partial charge in [-0.25, -0.2) is 0 Å². The summed E-state index contributed by atoms with van der Waals surface area (Å²) in [5, 5.41) is 11.0. The standard InChI is InChI=1S/C21H24N2O3/c1-12(24)23-16-5-3-2-4-15(16)21-7-8-22-11-13-6-9-26-20(25)18(19(21)23)14(13)10-17(21)22/h2-6,14,17-20,25H,7-11H2,1H3. The number of benzene rings is 1. The van der Waals surface area contributed by atoms with Crippen LogP contribution in [0.25, 0.3) is 0 Å². The molecule has 1 aromatic rings. The van der Waals surface area contributed by atoms with Crippen molar-refractivity contribution in [1.29, 1.82) is 0 Å². The largest absolute Gasteiger partial charge is 0.368 e. The van der Waals surface area contributed by atoms with Gasteiger partial charge in [-0.15, -0.1) is 0 Å². The Hall–Kier alpha value is -1.69. The second-order valence-electron chi connectivity index (χ2n) is 8.55. The number of ether oxygens (including phenoxy) is 1. The number of rotatable bonds is 0. The highest BCUT2D eigenvalue weighted by atomic mass is 16.6. The van der Waals surface area contributed by atoms with Crippen molar-refractivity contribution in [3.05, 3.63) is 41.5 Å². The Morgan fingerprint density at radius 1 is 1.35 bits per heavy atom. The van der Waals surface area contributed by atoms with Gasteiger partial charge in [-0.2, -0.15) is 0 Å². The number of hydrogen-bond acceptors (Lipinski definition) is 4. The summed E-state index contributed by atoms with van der Waals surface area (Å²) in [5.41, 5.74) is 3.66. The molecule has 5 aliphatic rings. The van der Waals surface area contributed by atoms with Crippen LogP contribution in [0, 0.1) is 11.8 Å². The first kappa shape index (κ1) is 15.4. The molecule has 6 unspecified atom stereocenters. The van der Waals surface area contributed by atoms with E-state index in [1.165, 1.54) is 11.1 Å². The van der Waals surface area contributed by atoms with E-state index >= 15 is 0 Å². The lowest BCUT2D eigenvalue weighted by atomic mass is 9.55. The second kappa shape index (κ2) is 4.97. The Balaban J connectivity index is 1.64. The van der Waals surface area contributed by atoms with Crippen molar-refractivity contribution in [3.63, 3.8) is 0 Å². The Bertz CT molecular complexity index is 836. The van der Waals surface area contributed by atoms with Crippen LogP contribution >= 0.6 is 0 Å². The molecule has 1 amide bonds. The molecule has 6 atom stereocenters. The zero-order valence-corrected chi connectivity index (χ0v) is 15.0. The number of amides is 1. The third-order valence-corrected chi connectivity index (χ3v) is 7.77. The first-order chi connectivity index (χ1) is 12.6. The molecule has 1 aliphatic carbocycles. The lowest BCUT2D eigenvalue weighted by Crippen LogP contribution is -2.66. The van der Waals surface area contributed by atoms with E-state index in [1.807, 2.05) is 11.0 Å². The van der Waals surface area contributed by atoms with Crippen molar-refractivity contribution in [2.45, 2.75) is 43.6 Å². The fourth-order valence-corrected chi connectivity index (χ4v) is 6.99. The van der Waals surface area contributed by atoms with E-state index in [0.29, 0.717) is 18.6 Å². The summed E-state index contributed by atoms with van der Waals surface area (Å²) >= 11 is 0. The second-order valence-corrected chi connectivity index (χ2v) is 8.55. The average molecular weight is 352 g/mol. The van der Waals surface area contributed by atoms with Crippen molar-refractivity contribution in [1.82, 2.24) is 4.90 Å². The van der Waals surface area contributed by atoms with Crippen molar-refractivity contribution in [2.24, 2.45) is 11.8 Å². The highest BCUT2D eigenvalue weighted by Gasteiger charge is 2.69. The van der Waals surface area contributed by atoms with Gasteiger partial charge in [-0.05, 0) is 36.9 Å². The minimum Gasteiger partial charge on any atom is -0.368 e. The minimum absolute atomic E-state index is 0.0250. The summed E-state index contributed by atoms with van der Waals surface area (Å²) in [4.78, 5) is 17.4. The third-order valence-electron chi connectivity index (χ3n) is 7.77. The van der Waals surface area contributed by atoms with Gasteiger partial charge in [0.2, 0.25) is 5.91 Å². The molecule has 2 saturated heterocycles. The molecule has 5 nitrogen and oxygen atoms in total. The highest BCUT2D eigenvalue weighted by molar-refractivity contribution is 5.96. The number of aliphatic hydroxyl groups excluding tert-OH is 1. The molecule has 6 rings (SSSR count). The lowest BCUT2D eigenvalue weighted by molar-refractivity contribution is -0.156. The van der Waals surface area contributed by atoms with E-state index in [2.05, 4.69) is 29.2 Å². The Kier molecular flexibility index (Phi) is 2.94. The van der Waals surface area contributed by atoms with Crippen molar-refractivity contribution in [3.8, 4) is 0 Å². The van der Waals surface area contributed by atoms with Gasteiger partial charge in [0, 0.05) is 36.5 Å². The van der Waals surface area contributed by atoms with E-state index in [4.69, 9.17) is 4.74 Å². The zero-order chi connectivity index (χ0) is 17.6. The number of carbonyl (C=O) groups is 1. The van der Waals surface area contributed by atoms with Crippen LogP contribution in [0.15, 0.2) is 35.9 Å². The number of anilines is 1. The molecule has 0 radical (unpaired) electrons. The summed E-state index contributed by atoms with van der Waals surface area (Å²) in [7, 11) is 0. The van der Waals surface area contributed by atoms with Crippen LogP contribution in [0.2, 0.25) is 0 Å². The molecule has 26 heavy (non-hydrogen) atoms. The fourth-order valence-electron chi connectivity index (χ4n) is 6.99. The summed E-state index contributed by atoms with van der Waals surface area (Å²) in [5.74, 6) is 0.317. The number of fused-ring (bicyclic) bond motifs is 2. The number of para-hydroxylation sites is 1. The molecule has 5 heteroatoms. The number of nitrogens with zero attached hydrogens (tertiary/aromatic N) is 2. The van der Waals surface area contributed by atoms with Crippen LogP contribution < -0.4 is 4.90 Å². The highest BCUT2D eigenvalue weighted by Crippen LogP contribution is 2.64. The smallest absolute Gasteiger partial charge is 0.224 e. The molecule has 1 N–H and O–H groups in total. The van der Waals surface area contributed by atoms with Gasteiger partial charge in [0.25, 0.3) is 0 Å². The molecule has 3 fully saturated rings. The predicted molar refractivity (Wildman–Crippen MR) is 96.7 cm³/mol. The monoisotopic (exact) mass is 352 g/mol. The molecule has 1 saturated carbocycles. The van der Waals surface area contributed by atoms with Gasteiger partial charge in [0.05, 0.1) is 12.6 Å². The minimum atomic E-state index is -0.820. The van der Waals surface area contributed by atoms with E-state index in [9.17, 15) is 9.90 Å². The molecular weight excluding hydrogens is 328 g/mol. The number of hydrogen-bond donors (Lipinski definition) is 1. The molecule has 1 spiro atoms. The fraction of sp³-hybridized carbons (Fsp3) is 0.571. The average Bonchev–Trinajstić information content (AvgIpc) is 3.10. The molecule has 1 aromatic carbocycles. The maximum absolute atomic E-state index is 12.8. The Labute approximate surface area is 153 Å². The number of carbonyl (C=O) groups excluding carboxylic acids is 1. The molecule has 4 aliphatic heterocycles. The maximum Gasteiger partial charge on any atom is 0.224 e. The van der Waals surface area contributed by atoms with Crippen LogP contribution in [0.3, 0.4) is 0 Å². The first-order valence-electron chi connectivity index (χ1n) is 9.75. The van der Waals surface area contributed by atoms with E-state index < -0.39 is 6.29 Å². The van der Waals surface area contributed by atoms with E-state index in [-0.39, 0.29) is 23.3 Å². The molecule has 0 aromatic heterocycles. The lowest BCUT2D eigenvalue weighted by Gasteiger charge is -2.56. The molecule has 2 bridgehead atoms. The Morgan fingerprint density at radius 2 is 2.19 bits per heavy atom. The topological polar surface area (TPSA) is 53.0 Å². The van der Waals surface area contributed by atoms with Gasteiger partial charge in [0.1, 0.15) is 0 Å². The van der Waals surface area contributed by atoms with Gasteiger partial charge in [0.15, 0.2) is 6.29 Å². The van der Waals surface area contributed by atoms with Crippen LogP contribution in [0.5, 0.6) is 0 Å². The molecule has 4 heterocycles. The molecule has 136 valence electrons. The van der Waals surface area contributed by atoms with Crippen LogP contribution in [0.4, 0.5) is 5.69 Å². The quantitative estimate of drug-likeness (QED) is 0.722. The summed E-state index contributed by atoms with van der Waals surface area (Å²) in [6, 6.07) is 8.83. The van der Waals surface area contributed by atoms with E-state index in [1.54, 1.807) is 6.92 Å². The predicted octanol–water partition coefficient (Wildman–Crippen LogP) is 1.66. The zero-order valence-electron chi connectivity index (χ0n) is 15.0. The third kappa shape index (κ3) is 1.61. The SMILES string of the molecule is CC(=O)N1c2ccccc2C23CCN4CC5=CCOC(O)C(C5CC42)C13. The van der Waals surface area contributed by atoms with Gasteiger partial charge in [-0.1, -0.05) is 29.8 Å². The van der Waals surface area contributed by atoms with E-state index in [0.717, 1.165) is 31.6 Å². The van der Waals surface area contributed by atoms with Crippen molar-refractivity contribution in [2.75, 3.05) is 24.6 Å². The number of aliphatic hydroxyl groups is 1. The summed E-state index contributed by atoms with van der Waals surface area (Å²) < 4.78 is 5.78. The normalized spacial score (nSPS) is 42.8. The van der Waals surface area contributed by atoms with Crippen LogP contribution in [-0.2, 0) is 14.9 Å². The first-order valence-corrected chi connectivity index (χ1v) is 9.75. The van der Waals surface area contributed by atoms with Crippen molar-refractivity contribution >= 4 is 11.6 Å². The maximum atomic E-state index is 12.8. The van der Waals surface area contributed by atoms with Crippen LogP contribution in [-0.4, -0.2) is 54.0 Å². The summed E-state index contributed by atoms with van der Waals surface area (Å²) in [6.07, 6.45) is 3.47. The van der Waals surface area contributed by atoms with Crippen molar-refractivity contribution < 1.29 is 14.6 Å². The van der Waals surface area contributed by atoms with Gasteiger partial charge >= 0.3 is 0 Å². The Morgan fingerprint density at radius 3 is 3.04 bits per heavy atom. The van der Waals surface area contributed by atoms with Gasteiger partial charge < -0.3 is 14.7 Å². The van der Waals surface area contributed by atoms with Gasteiger partial charge in [-0.3, -0.25) is 9.69 Å². The molecular formula is C21H24N2O3.